The van der Waals surface area contributed by atoms with Gasteiger partial charge in [-0.25, -0.2) is 28.2 Å². The normalized spacial score (nSPS) is 17.6. The molecule has 0 saturated carbocycles. The second-order valence-corrected chi connectivity index (χ2v) is 8.74. The summed E-state index contributed by atoms with van der Waals surface area (Å²) in [7, 11) is 0. The van der Waals surface area contributed by atoms with Gasteiger partial charge in [0.2, 0.25) is 5.91 Å². The lowest BCUT2D eigenvalue weighted by Gasteiger charge is -2.21. The monoisotopic (exact) mass is 480 g/mol. The van der Waals surface area contributed by atoms with Gasteiger partial charge >= 0.3 is 0 Å². The minimum Gasteiger partial charge on any atom is -0.309 e. The number of unbranched alkanes of at least 4 members (excludes halogenated alkanes) is 1. The van der Waals surface area contributed by atoms with Gasteiger partial charge in [0.15, 0.2) is 11.5 Å². The van der Waals surface area contributed by atoms with Gasteiger partial charge in [0, 0.05) is 18.7 Å². The van der Waals surface area contributed by atoms with Gasteiger partial charge in [-0.15, -0.1) is 0 Å². The first-order chi connectivity index (χ1) is 16.6. The zero-order valence-corrected chi connectivity index (χ0v) is 19.3. The first kappa shape index (κ1) is 22.7. The summed E-state index contributed by atoms with van der Waals surface area (Å²) in [6.07, 6.45) is 6.58. The van der Waals surface area contributed by atoms with Crippen LogP contribution in [0, 0.1) is 0 Å². The van der Waals surface area contributed by atoms with E-state index < -0.39 is 22.8 Å². The quantitative estimate of drug-likeness (QED) is 0.434. The highest BCUT2D eigenvalue weighted by molar-refractivity contribution is 6.07. The average Bonchev–Trinajstić information content (AvgIpc) is 3.40. The number of aromatic nitrogens is 7. The molecule has 10 nitrogen and oxygen atoms in total. The fourth-order valence-electron chi connectivity index (χ4n) is 4.21. The van der Waals surface area contributed by atoms with Gasteiger partial charge in [0.05, 0.1) is 23.1 Å². The lowest BCUT2D eigenvalue weighted by molar-refractivity contribution is -0.119. The van der Waals surface area contributed by atoms with E-state index in [1.54, 1.807) is 10.7 Å². The van der Waals surface area contributed by atoms with E-state index in [1.165, 1.54) is 25.4 Å². The van der Waals surface area contributed by atoms with Gasteiger partial charge in [-0.1, -0.05) is 13.3 Å². The summed E-state index contributed by atoms with van der Waals surface area (Å²) >= 11 is 0. The molecular weight excluding hydrogens is 458 g/mol. The molecule has 0 fully saturated rings. The van der Waals surface area contributed by atoms with Crippen LogP contribution in [0.2, 0.25) is 0 Å². The number of amides is 1. The number of pyridine rings is 1. The largest absolute Gasteiger partial charge is 0.309 e. The van der Waals surface area contributed by atoms with Crippen LogP contribution in [0.4, 0.5) is 14.6 Å². The Hall–Kier alpha value is -4.09. The summed E-state index contributed by atoms with van der Waals surface area (Å²) < 4.78 is 28.8. The third kappa shape index (κ3) is 3.65. The van der Waals surface area contributed by atoms with Crippen LogP contribution in [0.3, 0.4) is 0 Å². The molecule has 5 rings (SSSR count). The molecule has 35 heavy (non-hydrogen) atoms. The number of rotatable bonds is 6. The van der Waals surface area contributed by atoms with Crippen molar-refractivity contribution < 1.29 is 13.6 Å². The third-order valence-corrected chi connectivity index (χ3v) is 6.23. The van der Waals surface area contributed by atoms with E-state index in [2.05, 4.69) is 42.3 Å². The van der Waals surface area contributed by atoms with Crippen LogP contribution >= 0.6 is 0 Å². The Morgan fingerprint density at radius 2 is 1.97 bits per heavy atom. The van der Waals surface area contributed by atoms with Crippen molar-refractivity contribution >= 4 is 17.4 Å². The molecule has 180 valence electrons. The molecule has 5 heterocycles. The summed E-state index contributed by atoms with van der Waals surface area (Å²) in [5, 5.41) is 6.82. The second kappa shape index (κ2) is 8.00. The number of aryl methyl sites for hydroxylation is 1. The Morgan fingerprint density at radius 3 is 2.66 bits per heavy atom. The molecule has 0 radical (unpaired) electrons. The van der Waals surface area contributed by atoms with Gasteiger partial charge in [-0.05, 0) is 31.9 Å². The molecule has 1 aliphatic rings. The molecule has 0 aromatic carbocycles. The molecule has 1 unspecified atom stereocenters. The molecular formula is C23H22F2N8O2. The summed E-state index contributed by atoms with van der Waals surface area (Å²) in [4.78, 5) is 46.4. The minimum absolute atomic E-state index is 0.0581. The molecule has 1 amide bonds. The molecule has 1 aliphatic heterocycles. The number of carbonyl (C=O) groups excluding carboxylic acids is 1. The van der Waals surface area contributed by atoms with Crippen molar-refractivity contribution in [1.82, 2.24) is 34.5 Å². The molecule has 4 aromatic rings. The Labute approximate surface area is 197 Å². The Kier molecular flexibility index (Phi) is 5.18. The smallest absolute Gasteiger partial charge is 0.272 e. The topological polar surface area (TPSA) is 131 Å². The highest BCUT2D eigenvalue weighted by Gasteiger charge is 2.49. The van der Waals surface area contributed by atoms with Crippen LogP contribution in [0.1, 0.15) is 56.1 Å². The maximum absolute atomic E-state index is 13.6. The van der Waals surface area contributed by atoms with Crippen molar-refractivity contribution in [3.63, 3.8) is 0 Å². The Morgan fingerprint density at radius 1 is 1.17 bits per heavy atom. The third-order valence-electron chi connectivity index (χ3n) is 6.23. The Balaban J connectivity index is 1.60. The van der Waals surface area contributed by atoms with Crippen molar-refractivity contribution in [2.75, 3.05) is 5.32 Å². The molecule has 12 heteroatoms. The fourth-order valence-corrected chi connectivity index (χ4v) is 4.21. The maximum Gasteiger partial charge on any atom is 0.272 e. The van der Waals surface area contributed by atoms with Gasteiger partial charge in [-0.3, -0.25) is 14.6 Å². The number of fused-ring (bicyclic) bond motifs is 2. The van der Waals surface area contributed by atoms with Crippen LogP contribution in [0.5, 0.6) is 0 Å². The highest BCUT2D eigenvalue weighted by Crippen LogP contribution is 2.39. The van der Waals surface area contributed by atoms with Crippen LogP contribution in [0.25, 0.3) is 17.2 Å². The van der Waals surface area contributed by atoms with E-state index in [0.29, 0.717) is 17.8 Å². The number of anilines is 1. The number of nitrogens with zero attached hydrogens (tertiary/aromatic N) is 6. The van der Waals surface area contributed by atoms with Crippen LogP contribution in [-0.2, 0) is 22.6 Å². The summed E-state index contributed by atoms with van der Waals surface area (Å²) in [5.74, 6) is -3.39. The average molecular weight is 480 g/mol. The molecule has 0 aliphatic carbocycles. The minimum atomic E-state index is -3.08. The molecule has 2 N–H and O–H groups in total. The zero-order chi connectivity index (χ0) is 25.0. The second-order valence-electron chi connectivity index (χ2n) is 8.74. The van der Waals surface area contributed by atoms with Gasteiger partial charge < -0.3 is 10.3 Å². The number of halogens is 2. The standard InChI is InChI=1S/C23H22F2N8O2/c1-4-5-6-13-19-27-11-28-33(19)10-14(29-13)17-30-18-16(20(34)31-17)22(2,21(35)32-18)15-8-7-12(9-26-15)23(3,24)25/h7-11H,4-6H2,1-3H3,(H2,30,31,32,34,35). The van der Waals surface area contributed by atoms with E-state index in [-0.39, 0.29) is 28.5 Å². The molecule has 4 aromatic heterocycles. The number of hydrogen-bond donors (Lipinski definition) is 2. The maximum atomic E-state index is 13.6. The molecule has 0 saturated heterocycles. The van der Waals surface area contributed by atoms with Crippen LogP contribution in [0.15, 0.2) is 35.6 Å². The van der Waals surface area contributed by atoms with Crippen molar-refractivity contribution in [3.05, 3.63) is 63.7 Å². The number of hydrogen-bond acceptors (Lipinski definition) is 7. The zero-order valence-electron chi connectivity index (χ0n) is 19.3. The summed E-state index contributed by atoms with van der Waals surface area (Å²) in [6.45, 7) is 4.34. The number of aromatic amines is 1. The van der Waals surface area contributed by atoms with Crippen LogP contribution < -0.4 is 10.9 Å². The SMILES string of the molecule is CCCCc1nc(-c2nc3c(c(=O)[nH]2)C(C)(c2ccc(C(C)(F)F)cn2)C(=O)N3)cn2ncnc12. The van der Waals surface area contributed by atoms with Gasteiger partial charge in [0.25, 0.3) is 11.5 Å². The lowest BCUT2D eigenvalue weighted by atomic mass is 9.81. The number of alkyl halides is 2. The number of nitrogens with one attached hydrogen (secondary N) is 2. The van der Waals surface area contributed by atoms with Crippen molar-refractivity contribution in [2.45, 2.75) is 51.4 Å². The molecule has 0 bridgehead atoms. The predicted molar refractivity (Wildman–Crippen MR) is 122 cm³/mol. The fraction of sp³-hybridized carbons (Fsp3) is 0.348. The van der Waals surface area contributed by atoms with E-state index in [0.717, 1.165) is 31.7 Å². The highest BCUT2D eigenvalue weighted by atomic mass is 19.3. The number of carbonyl (C=O) groups is 1. The number of H-pyrrole nitrogens is 1. The van der Waals surface area contributed by atoms with E-state index in [4.69, 9.17) is 0 Å². The van der Waals surface area contributed by atoms with E-state index >= 15 is 0 Å². The van der Waals surface area contributed by atoms with Gasteiger partial charge in [-0.2, -0.15) is 5.10 Å². The van der Waals surface area contributed by atoms with Crippen molar-refractivity contribution in [3.8, 4) is 11.5 Å². The van der Waals surface area contributed by atoms with Crippen molar-refractivity contribution in [1.29, 1.82) is 0 Å². The summed E-state index contributed by atoms with van der Waals surface area (Å²) in [5.41, 5.74) is -0.439. The predicted octanol–water partition coefficient (Wildman–Crippen LogP) is 2.98. The van der Waals surface area contributed by atoms with Crippen molar-refractivity contribution in [2.24, 2.45) is 0 Å². The lowest BCUT2D eigenvalue weighted by Crippen LogP contribution is -2.37. The molecule has 0 spiro atoms. The Bertz CT molecular complexity index is 1510. The van der Waals surface area contributed by atoms with Crippen LogP contribution in [-0.4, -0.2) is 40.4 Å². The first-order valence-corrected chi connectivity index (χ1v) is 11.1. The first-order valence-electron chi connectivity index (χ1n) is 11.1. The van der Waals surface area contributed by atoms with E-state index in [1.807, 2.05) is 0 Å². The van der Waals surface area contributed by atoms with Gasteiger partial charge in [0.1, 0.15) is 23.3 Å². The molecule has 1 atom stereocenters. The van der Waals surface area contributed by atoms with E-state index in [9.17, 15) is 18.4 Å². The summed E-state index contributed by atoms with van der Waals surface area (Å²) in [6, 6.07) is 2.53.